The second-order valence-electron chi connectivity index (χ2n) is 5.47. The van der Waals surface area contributed by atoms with Gasteiger partial charge in [-0.25, -0.2) is 0 Å². The Kier molecular flexibility index (Phi) is 4.19. The van der Waals surface area contributed by atoms with Crippen molar-refractivity contribution in [1.82, 2.24) is 5.32 Å². The van der Waals surface area contributed by atoms with E-state index >= 15 is 0 Å². The van der Waals surface area contributed by atoms with E-state index in [9.17, 15) is 13.2 Å². The highest BCUT2D eigenvalue weighted by molar-refractivity contribution is 5.29. The van der Waals surface area contributed by atoms with Crippen molar-refractivity contribution in [3.63, 3.8) is 0 Å². The number of benzene rings is 1. The Morgan fingerprint density at radius 3 is 2.42 bits per heavy atom. The summed E-state index contributed by atoms with van der Waals surface area (Å²) in [7, 11) is 0. The van der Waals surface area contributed by atoms with Gasteiger partial charge in [-0.3, -0.25) is 0 Å². The number of rotatable bonds is 5. The van der Waals surface area contributed by atoms with E-state index in [4.69, 9.17) is 0 Å². The van der Waals surface area contributed by atoms with Crippen molar-refractivity contribution >= 4 is 0 Å². The summed E-state index contributed by atoms with van der Waals surface area (Å²) < 4.78 is 38.5. The van der Waals surface area contributed by atoms with Gasteiger partial charge >= 0.3 is 6.18 Å². The minimum Gasteiger partial charge on any atom is -0.312 e. The summed E-state index contributed by atoms with van der Waals surface area (Å²) in [5.41, 5.74) is 0.134. The second-order valence-corrected chi connectivity index (χ2v) is 5.47. The molecule has 1 nitrogen and oxygen atoms in total. The van der Waals surface area contributed by atoms with Gasteiger partial charge < -0.3 is 5.32 Å². The van der Waals surface area contributed by atoms with E-state index in [1.807, 2.05) is 0 Å². The molecule has 1 saturated carbocycles. The van der Waals surface area contributed by atoms with Gasteiger partial charge in [0, 0.05) is 13.1 Å². The molecule has 1 aliphatic rings. The number of hydrogen-bond acceptors (Lipinski definition) is 1. The average Bonchev–Trinajstić information content (AvgIpc) is 2.32. The van der Waals surface area contributed by atoms with Crippen molar-refractivity contribution in [3.8, 4) is 0 Å². The van der Waals surface area contributed by atoms with Gasteiger partial charge in [0.1, 0.15) is 0 Å². The molecule has 1 aliphatic carbocycles. The summed E-state index contributed by atoms with van der Waals surface area (Å²) in [5, 5.41) is 3.21. The molecule has 0 aromatic heterocycles. The lowest BCUT2D eigenvalue weighted by Crippen LogP contribution is -2.39. The first-order valence-electron chi connectivity index (χ1n) is 6.83. The van der Waals surface area contributed by atoms with E-state index in [-0.39, 0.29) is 6.54 Å². The van der Waals surface area contributed by atoms with E-state index in [2.05, 4.69) is 12.2 Å². The molecule has 4 heteroatoms. The standard InChI is InChI=1S/C15H20F3N/c1-2-14(8-5-9-14)11-19-10-12-6-3-4-7-13(12)15(16,17)18/h3-4,6-7,19H,2,5,8-11H2,1H3. The van der Waals surface area contributed by atoms with Gasteiger partial charge in [-0.15, -0.1) is 0 Å². The largest absolute Gasteiger partial charge is 0.416 e. The van der Waals surface area contributed by atoms with Crippen LogP contribution in [-0.2, 0) is 12.7 Å². The molecule has 1 fully saturated rings. The highest BCUT2D eigenvalue weighted by atomic mass is 19.4. The first-order valence-corrected chi connectivity index (χ1v) is 6.83. The molecule has 0 atom stereocenters. The normalized spacial score (nSPS) is 18.1. The summed E-state index contributed by atoms with van der Waals surface area (Å²) in [6, 6.07) is 5.79. The highest BCUT2D eigenvalue weighted by Gasteiger charge is 2.35. The molecular weight excluding hydrogens is 251 g/mol. The fourth-order valence-corrected chi connectivity index (χ4v) is 2.75. The smallest absolute Gasteiger partial charge is 0.312 e. The molecule has 1 N–H and O–H groups in total. The number of halogens is 3. The number of hydrogen-bond donors (Lipinski definition) is 1. The van der Waals surface area contributed by atoms with Crippen LogP contribution in [0.1, 0.15) is 43.7 Å². The zero-order valence-electron chi connectivity index (χ0n) is 11.2. The van der Waals surface area contributed by atoms with Gasteiger partial charge in [0.25, 0.3) is 0 Å². The molecule has 0 heterocycles. The average molecular weight is 271 g/mol. The number of alkyl halides is 3. The maximum Gasteiger partial charge on any atom is 0.416 e. The topological polar surface area (TPSA) is 12.0 Å². The summed E-state index contributed by atoms with van der Waals surface area (Å²) in [5.74, 6) is 0. The zero-order chi connectivity index (χ0) is 13.9. The predicted octanol–water partition coefficient (Wildman–Crippen LogP) is 4.38. The molecule has 0 aliphatic heterocycles. The Labute approximate surface area is 112 Å². The molecule has 0 radical (unpaired) electrons. The van der Waals surface area contributed by atoms with Gasteiger partial charge in [0.2, 0.25) is 0 Å². The SMILES string of the molecule is CCC1(CNCc2ccccc2C(F)(F)F)CCC1. The first kappa shape index (κ1) is 14.4. The third-order valence-corrected chi connectivity index (χ3v) is 4.30. The molecule has 1 aromatic rings. The van der Waals surface area contributed by atoms with Gasteiger partial charge in [-0.05, 0) is 36.3 Å². The lowest BCUT2D eigenvalue weighted by molar-refractivity contribution is -0.138. The molecule has 0 amide bonds. The highest BCUT2D eigenvalue weighted by Crippen LogP contribution is 2.43. The molecule has 0 bridgehead atoms. The van der Waals surface area contributed by atoms with Crippen molar-refractivity contribution in [2.45, 2.75) is 45.3 Å². The van der Waals surface area contributed by atoms with Crippen molar-refractivity contribution in [2.75, 3.05) is 6.54 Å². The summed E-state index contributed by atoms with van der Waals surface area (Å²) in [6.07, 6.45) is 0.460. The molecular formula is C15H20F3N. The van der Waals surface area contributed by atoms with Crippen molar-refractivity contribution in [2.24, 2.45) is 5.41 Å². The van der Waals surface area contributed by atoms with Crippen molar-refractivity contribution in [1.29, 1.82) is 0 Å². The molecule has 106 valence electrons. The molecule has 0 spiro atoms. The van der Waals surface area contributed by atoms with Crippen LogP contribution in [0.5, 0.6) is 0 Å². The summed E-state index contributed by atoms with van der Waals surface area (Å²) in [4.78, 5) is 0. The van der Waals surface area contributed by atoms with Crippen molar-refractivity contribution in [3.05, 3.63) is 35.4 Å². The Morgan fingerprint density at radius 1 is 1.21 bits per heavy atom. The van der Waals surface area contributed by atoms with E-state index in [1.165, 1.54) is 25.3 Å². The Bertz CT molecular complexity index is 416. The van der Waals surface area contributed by atoms with Crippen LogP contribution in [0.2, 0.25) is 0 Å². The fourth-order valence-electron chi connectivity index (χ4n) is 2.75. The predicted molar refractivity (Wildman–Crippen MR) is 69.7 cm³/mol. The molecule has 2 rings (SSSR count). The molecule has 0 unspecified atom stereocenters. The van der Waals surface area contributed by atoms with E-state index in [0.717, 1.165) is 19.0 Å². The van der Waals surface area contributed by atoms with E-state index < -0.39 is 11.7 Å². The maximum absolute atomic E-state index is 12.8. The summed E-state index contributed by atoms with van der Waals surface area (Å²) >= 11 is 0. The third kappa shape index (κ3) is 3.30. The number of nitrogens with one attached hydrogen (secondary N) is 1. The molecule has 0 saturated heterocycles. The van der Waals surface area contributed by atoms with E-state index in [1.54, 1.807) is 12.1 Å². The van der Waals surface area contributed by atoms with Crippen LogP contribution < -0.4 is 5.32 Å². The van der Waals surface area contributed by atoms with Crippen LogP contribution in [0.3, 0.4) is 0 Å². The third-order valence-electron chi connectivity index (χ3n) is 4.30. The Morgan fingerprint density at radius 2 is 1.89 bits per heavy atom. The van der Waals surface area contributed by atoms with Gasteiger partial charge in [0.05, 0.1) is 5.56 Å². The lowest BCUT2D eigenvalue weighted by Gasteiger charge is -2.41. The minimum absolute atomic E-state index is 0.289. The van der Waals surface area contributed by atoms with Crippen LogP contribution in [0.25, 0.3) is 0 Å². The maximum atomic E-state index is 12.8. The van der Waals surface area contributed by atoms with Crippen LogP contribution in [0.15, 0.2) is 24.3 Å². The Balaban J connectivity index is 1.96. The van der Waals surface area contributed by atoms with Crippen LogP contribution in [0.4, 0.5) is 13.2 Å². The van der Waals surface area contributed by atoms with Crippen molar-refractivity contribution < 1.29 is 13.2 Å². The van der Waals surface area contributed by atoms with Crippen LogP contribution in [0, 0.1) is 5.41 Å². The zero-order valence-corrected chi connectivity index (χ0v) is 11.2. The van der Waals surface area contributed by atoms with Gasteiger partial charge in [-0.1, -0.05) is 31.5 Å². The molecule has 19 heavy (non-hydrogen) atoms. The quantitative estimate of drug-likeness (QED) is 0.838. The first-order chi connectivity index (χ1) is 8.97. The monoisotopic (exact) mass is 271 g/mol. The summed E-state index contributed by atoms with van der Waals surface area (Å²) in [6.45, 7) is 3.26. The fraction of sp³-hybridized carbons (Fsp3) is 0.600. The lowest BCUT2D eigenvalue weighted by atomic mass is 9.67. The van der Waals surface area contributed by atoms with Gasteiger partial charge in [0.15, 0.2) is 0 Å². The van der Waals surface area contributed by atoms with E-state index in [0.29, 0.717) is 11.0 Å². The van der Waals surface area contributed by atoms with Gasteiger partial charge in [-0.2, -0.15) is 13.2 Å². The van der Waals surface area contributed by atoms with Crippen LogP contribution in [-0.4, -0.2) is 6.54 Å². The van der Waals surface area contributed by atoms with Crippen LogP contribution >= 0.6 is 0 Å². The minimum atomic E-state index is -4.27. The Hall–Kier alpha value is -1.03. The molecule has 1 aromatic carbocycles. The second kappa shape index (κ2) is 5.53.